The number of nitrogen functional groups attached to an aromatic ring is 1. The van der Waals surface area contributed by atoms with Gasteiger partial charge in [-0.2, -0.15) is 0 Å². The fourth-order valence-electron chi connectivity index (χ4n) is 1.62. The monoisotopic (exact) mass is 193 g/mol. The second-order valence-corrected chi connectivity index (χ2v) is 3.58. The van der Waals surface area contributed by atoms with Crippen molar-refractivity contribution in [2.75, 3.05) is 17.6 Å². The predicted octanol–water partition coefficient (Wildman–Crippen LogP) is 0.789. The van der Waals surface area contributed by atoms with Gasteiger partial charge in [0.25, 0.3) is 0 Å². The maximum Gasteiger partial charge on any atom is 0.143 e. The van der Waals surface area contributed by atoms with Gasteiger partial charge in [-0.3, -0.25) is 0 Å². The third-order valence-electron chi connectivity index (χ3n) is 2.46. The molecule has 76 valence electrons. The Labute approximate surface area is 83.2 Å². The van der Waals surface area contributed by atoms with E-state index in [1.165, 1.54) is 0 Å². The molecule has 1 aliphatic rings. The Morgan fingerprint density at radius 1 is 1.50 bits per heavy atom. The number of hydrogen-bond acceptors (Lipinski definition) is 4. The van der Waals surface area contributed by atoms with Crippen LogP contribution in [0.2, 0.25) is 0 Å². The molecule has 0 radical (unpaired) electrons. The Balaban J connectivity index is 2.30. The SMILES string of the molecule is CC1Nc2cc(N)ccc2OC1CN. The normalized spacial score (nSPS) is 24.7. The Morgan fingerprint density at radius 3 is 3.00 bits per heavy atom. The molecule has 1 aromatic rings. The largest absolute Gasteiger partial charge is 0.485 e. The van der Waals surface area contributed by atoms with E-state index in [-0.39, 0.29) is 12.1 Å². The molecule has 0 saturated heterocycles. The number of nitrogens with one attached hydrogen (secondary N) is 1. The van der Waals surface area contributed by atoms with Crippen molar-refractivity contribution in [2.24, 2.45) is 5.73 Å². The van der Waals surface area contributed by atoms with Gasteiger partial charge in [-0.1, -0.05) is 0 Å². The van der Waals surface area contributed by atoms with E-state index in [9.17, 15) is 0 Å². The fourth-order valence-corrected chi connectivity index (χ4v) is 1.62. The summed E-state index contributed by atoms with van der Waals surface area (Å²) in [5.41, 5.74) is 12.9. The molecule has 0 saturated carbocycles. The molecule has 2 unspecified atom stereocenters. The smallest absolute Gasteiger partial charge is 0.143 e. The highest BCUT2D eigenvalue weighted by atomic mass is 16.5. The number of rotatable bonds is 1. The van der Waals surface area contributed by atoms with Crippen molar-refractivity contribution < 1.29 is 4.74 Å². The van der Waals surface area contributed by atoms with Crippen molar-refractivity contribution in [3.63, 3.8) is 0 Å². The van der Waals surface area contributed by atoms with E-state index in [0.717, 1.165) is 17.1 Å². The summed E-state index contributed by atoms with van der Waals surface area (Å²) in [4.78, 5) is 0. The minimum absolute atomic E-state index is 0.0334. The molecule has 1 aliphatic heterocycles. The molecule has 1 heterocycles. The first-order valence-corrected chi connectivity index (χ1v) is 4.73. The lowest BCUT2D eigenvalue weighted by Gasteiger charge is -2.32. The Bertz CT molecular complexity index is 340. The summed E-state index contributed by atoms with van der Waals surface area (Å²) in [5.74, 6) is 0.827. The van der Waals surface area contributed by atoms with Crippen LogP contribution >= 0.6 is 0 Å². The van der Waals surface area contributed by atoms with Gasteiger partial charge in [0.2, 0.25) is 0 Å². The quantitative estimate of drug-likeness (QED) is 0.576. The minimum Gasteiger partial charge on any atom is -0.485 e. The van der Waals surface area contributed by atoms with Crippen LogP contribution in [-0.4, -0.2) is 18.7 Å². The summed E-state index contributed by atoms with van der Waals surface area (Å²) in [5, 5.41) is 3.32. The van der Waals surface area contributed by atoms with Crippen LogP contribution in [0.15, 0.2) is 18.2 Å². The highest BCUT2D eigenvalue weighted by Crippen LogP contribution is 2.32. The first-order chi connectivity index (χ1) is 6.70. The van der Waals surface area contributed by atoms with Gasteiger partial charge in [0.05, 0.1) is 11.7 Å². The summed E-state index contributed by atoms with van der Waals surface area (Å²) in [7, 11) is 0. The standard InChI is InChI=1S/C10H15N3O/c1-6-10(5-11)14-9-3-2-7(12)4-8(9)13-6/h2-4,6,10,13H,5,11-12H2,1H3. The number of fused-ring (bicyclic) bond motifs is 1. The van der Waals surface area contributed by atoms with Crippen molar-refractivity contribution in [1.29, 1.82) is 0 Å². The third-order valence-corrected chi connectivity index (χ3v) is 2.46. The summed E-state index contributed by atoms with van der Waals surface area (Å²) in [6, 6.07) is 5.78. The predicted molar refractivity (Wildman–Crippen MR) is 57.4 cm³/mol. The van der Waals surface area contributed by atoms with Crippen molar-refractivity contribution >= 4 is 11.4 Å². The van der Waals surface area contributed by atoms with Crippen LogP contribution in [0.3, 0.4) is 0 Å². The van der Waals surface area contributed by atoms with Gasteiger partial charge in [-0.05, 0) is 25.1 Å². The zero-order chi connectivity index (χ0) is 10.1. The molecule has 2 atom stereocenters. The van der Waals surface area contributed by atoms with Gasteiger partial charge >= 0.3 is 0 Å². The van der Waals surface area contributed by atoms with E-state index >= 15 is 0 Å². The van der Waals surface area contributed by atoms with Gasteiger partial charge in [0.1, 0.15) is 11.9 Å². The van der Waals surface area contributed by atoms with Crippen LogP contribution < -0.4 is 21.5 Å². The van der Waals surface area contributed by atoms with E-state index in [2.05, 4.69) is 5.32 Å². The van der Waals surface area contributed by atoms with Crippen LogP contribution in [0.5, 0.6) is 5.75 Å². The Hall–Kier alpha value is -1.42. The van der Waals surface area contributed by atoms with Crippen molar-refractivity contribution in [3.8, 4) is 5.75 Å². The van der Waals surface area contributed by atoms with Gasteiger partial charge < -0.3 is 21.5 Å². The van der Waals surface area contributed by atoms with Crippen LogP contribution in [0.25, 0.3) is 0 Å². The zero-order valence-electron chi connectivity index (χ0n) is 8.16. The lowest BCUT2D eigenvalue weighted by atomic mass is 10.1. The van der Waals surface area contributed by atoms with E-state index in [4.69, 9.17) is 16.2 Å². The molecule has 0 aliphatic carbocycles. The number of benzene rings is 1. The summed E-state index contributed by atoms with van der Waals surface area (Å²) < 4.78 is 5.71. The lowest BCUT2D eigenvalue weighted by molar-refractivity contribution is 0.182. The summed E-state index contributed by atoms with van der Waals surface area (Å²) >= 11 is 0. The first-order valence-electron chi connectivity index (χ1n) is 4.73. The average Bonchev–Trinajstić information content (AvgIpc) is 2.16. The molecule has 14 heavy (non-hydrogen) atoms. The fraction of sp³-hybridized carbons (Fsp3) is 0.400. The minimum atomic E-state index is 0.0334. The average molecular weight is 193 g/mol. The molecule has 1 aromatic carbocycles. The Morgan fingerprint density at radius 2 is 2.29 bits per heavy atom. The van der Waals surface area contributed by atoms with Crippen LogP contribution in [0.4, 0.5) is 11.4 Å². The zero-order valence-corrected chi connectivity index (χ0v) is 8.16. The molecule has 4 heteroatoms. The van der Waals surface area contributed by atoms with Crippen molar-refractivity contribution in [2.45, 2.75) is 19.1 Å². The van der Waals surface area contributed by atoms with E-state index in [0.29, 0.717) is 6.54 Å². The van der Waals surface area contributed by atoms with Crippen LogP contribution in [-0.2, 0) is 0 Å². The van der Waals surface area contributed by atoms with E-state index in [1.54, 1.807) is 0 Å². The molecule has 0 fully saturated rings. The third kappa shape index (κ3) is 1.48. The molecule has 0 amide bonds. The number of hydrogen-bond donors (Lipinski definition) is 3. The first kappa shape index (κ1) is 9.15. The molecule has 2 rings (SSSR count). The summed E-state index contributed by atoms with van der Waals surface area (Å²) in [6.45, 7) is 2.56. The molecular formula is C10H15N3O. The van der Waals surface area contributed by atoms with Gasteiger partial charge in [-0.25, -0.2) is 0 Å². The molecule has 4 nitrogen and oxygen atoms in total. The topological polar surface area (TPSA) is 73.3 Å². The number of anilines is 2. The van der Waals surface area contributed by atoms with Crippen molar-refractivity contribution in [3.05, 3.63) is 18.2 Å². The van der Waals surface area contributed by atoms with E-state index in [1.807, 2.05) is 25.1 Å². The molecule has 0 bridgehead atoms. The highest BCUT2D eigenvalue weighted by molar-refractivity contribution is 5.65. The highest BCUT2D eigenvalue weighted by Gasteiger charge is 2.24. The second kappa shape index (κ2) is 3.38. The van der Waals surface area contributed by atoms with Crippen LogP contribution in [0, 0.1) is 0 Å². The summed E-state index contributed by atoms with van der Waals surface area (Å²) in [6.07, 6.45) is 0.0334. The second-order valence-electron chi connectivity index (χ2n) is 3.58. The van der Waals surface area contributed by atoms with E-state index < -0.39 is 0 Å². The Kier molecular flexibility index (Phi) is 2.21. The molecule has 0 spiro atoms. The van der Waals surface area contributed by atoms with Gasteiger partial charge in [0.15, 0.2) is 0 Å². The van der Waals surface area contributed by atoms with Gasteiger partial charge in [-0.15, -0.1) is 0 Å². The molecular weight excluding hydrogens is 178 g/mol. The number of ether oxygens (including phenoxy) is 1. The number of nitrogens with two attached hydrogens (primary N) is 2. The maximum absolute atomic E-state index is 5.71. The van der Waals surface area contributed by atoms with Crippen LogP contribution in [0.1, 0.15) is 6.92 Å². The maximum atomic E-state index is 5.71. The van der Waals surface area contributed by atoms with Crippen molar-refractivity contribution in [1.82, 2.24) is 0 Å². The lowest BCUT2D eigenvalue weighted by Crippen LogP contribution is -2.44. The molecule has 5 N–H and O–H groups in total. The molecule has 0 aromatic heterocycles. The van der Waals surface area contributed by atoms with Gasteiger partial charge in [0, 0.05) is 12.2 Å².